The second kappa shape index (κ2) is 3.94. The van der Waals surface area contributed by atoms with Gasteiger partial charge in [0.1, 0.15) is 5.60 Å². The van der Waals surface area contributed by atoms with E-state index in [-0.39, 0.29) is 22.5 Å². The van der Waals surface area contributed by atoms with Crippen molar-refractivity contribution in [3.8, 4) is 0 Å². The summed E-state index contributed by atoms with van der Waals surface area (Å²) >= 11 is 0. The number of aliphatic hydroxyl groups is 1. The number of ketones is 1. The van der Waals surface area contributed by atoms with Gasteiger partial charge >= 0.3 is 0 Å². The van der Waals surface area contributed by atoms with E-state index in [1.54, 1.807) is 0 Å². The molecule has 4 aliphatic carbocycles. The van der Waals surface area contributed by atoms with Gasteiger partial charge in [0.25, 0.3) is 0 Å². The number of hydrogen-bond donors (Lipinski definition) is 1. The molecule has 1 N–H and O–H groups in total. The van der Waals surface area contributed by atoms with Crippen LogP contribution >= 0.6 is 0 Å². The van der Waals surface area contributed by atoms with Gasteiger partial charge in [-0.25, -0.2) is 0 Å². The van der Waals surface area contributed by atoms with Crippen molar-refractivity contribution in [1.29, 1.82) is 0 Å². The lowest BCUT2D eigenvalue weighted by atomic mass is 9.46. The van der Waals surface area contributed by atoms with E-state index < -0.39 is 5.60 Å². The van der Waals surface area contributed by atoms with Crippen LogP contribution in [0.5, 0.6) is 0 Å². The van der Waals surface area contributed by atoms with E-state index in [2.05, 4.69) is 13.8 Å². The molecule has 0 aromatic heterocycles. The molecule has 126 valence electrons. The molecule has 1 saturated heterocycles. The van der Waals surface area contributed by atoms with Crippen molar-refractivity contribution in [2.45, 2.75) is 83.0 Å². The molecule has 3 saturated carbocycles. The van der Waals surface area contributed by atoms with Gasteiger partial charge in [-0.1, -0.05) is 19.4 Å². The Bertz CT molecular complexity index is 635. The first-order valence-corrected chi connectivity index (χ1v) is 9.39. The quantitative estimate of drug-likeness (QED) is 0.697. The van der Waals surface area contributed by atoms with E-state index in [9.17, 15) is 9.90 Å². The molecule has 1 heterocycles. The summed E-state index contributed by atoms with van der Waals surface area (Å²) in [6, 6.07) is 0. The molecule has 3 nitrogen and oxygen atoms in total. The lowest BCUT2D eigenvalue weighted by Crippen LogP contribution is -2.59. The van der Waals surface area contributed by atoms with Crippen LogP contribution in [0.4, 0.5) is 0 Å². The monoisotopic (exact) mass is 316 g/mol. The van der Waals surface area contributed by atoms with Crippen molar-refractivity contribution < 1.29 is 14.6 Å². The maximum Gasteiger partial charge on any atom is 0.155 e. The van der Waals surface area contributed by atoms with Crippen LogP contribution in [0, 0.1) is 22.7 Å². The summed E-state index contributed by atoms with van der Waals surface area (Å²) in [5.74, 6) is 1.41. The molecule has 0 amide bonds. The minimum Gasteiger partial charge on any atom is -0.390 e. The van der Waals surface area contributed by atoms with Crippen LogP contribution in [0.2, 0.25) is 0 Å². The summed E-state index contributed by atoms with van der Waals surface area (Å²) in [5, 5.41) is 11.0. The zero-order valence-electron chi connectivity index (χ0n) is 14.5. The summed E-state index contributed by atoms with van der Waals surface area (Å²) in [4.78, 5) is 11.9. The molecule has 0 radical (unpaired) electrons. The Morgan fingerprint density at radius 3 is 2.70 bits per heavy atom. The molecule has 7 atom stereocenters. The van der Waals surface area contributed by atoms with Crippen molar-refractivity contribution in [2.75, 3.05) is 0 Å². The van der Waals surface area contributed by atoms with E-state index in [0.29, 0.717) is 24.0 Å². The highest BCUT2D eigenvalue weighted by molar-refractivity contribution is 5.91. The van der Waals surface area contributed by atoms with Crippen LogP contribution in [-0.4, -0.2) is 28.2 Å². The van der Waals surface area contributed by atoms with Crippen molar-refractivity contribution >= 4 is 5.78 Å². The van der Waals surface area contributed by atoms with Crippen LogP contribution in [0.25, 0.3) is 0 Å². The first-order chi connectivity index (χ1) is 10.7. The summed E-state index contributed by atoms with van der Waals surface area (Å²) < 4.78 is 6.51. The maximum atomic E-state index is 11.9. The molecule has 0 aromatic rings. The van der Waals surface area contributed by atoms with Gasteiger partial charge in [-0.3, -0.25) is 4.79 Å². The molecule has 0 aromatic carbocycles. The Balaban J connectivity index is 1.60. The van der Waals surface area contributed by atoms with E-state index in [1.165, 1.54) is 5.57 Å². The number of carbonyl (C=O) groups excluding carboxylic acids is 1. The minimum atomic E-state index is -0.560. The predicted molar refractivity (Wildman–Crippen MR) is 86.8 cm³/mol. The highest BCUT2D eigenvalue weighted by Crippen LogP contribution is 2.76. The summed E-state index contributed by atoms with van der Waals surface area (Å²) in [7, 11) is 0. The largest absolute Gasteiger partial charge is 0.390 e. The topological polar surface area (TPSA) is 49.8 Å². The summed E-state index contributed by atoms with van der Waals surface area (Å²) in [5.41, 5.74) is 0.785. The highest BCUT2D eigenvalue weighted by Gasteiger charge is 2.80. The Morgan fingerprint density at radius 2 is 1.91 bits per heavy atom. The molecule has 5 rings (SSSR count). The minimum absolute atomic E-state index is 0.00953. The Labute approximate surface area is 138 Å². The average molecular weight is 316 g/mol. The summed E-state index contributed by atoms with van der Waals surface area (Å²) in [6.07, 6.45) is 9.03. The van der Waals surface area contributed by atoms with Crippen LogP contribution in [-0.2, 0) is 9.53 Å². The van der Waals surface area contributed by atoms with Crippen molar-refractivity contribution in [3.63, 3.8) is 0 Å². The third-order valence-corrected chi connectivity index (χ3v) is 8.90. The Hall–Kier alpha value is -0.670. The van der Waals surface area contributed by atoms with Gasteiger partial charge < -0.3 is 9.84 Å². The normalized spacial score (nSPS) is 60.3. The Kier molecular flexibility index (Phi) is 2.51. The third-order valence-electron chi connectivity index (χ3n) is 8.90. The van der Waals surface area contributed by atoms with E-state index in [0.717, 1.165) is 38.5 Å². The maximum absolute atomic E-state index is 11.9. The summed E-state index contributed by atoms with van der Waals surface area (Å²) in [6.45, 7) is 6.69. The van der Waals surface area contributed by atoms with Crippen molar-refractivity contribution in [3.05, 3.63) is 11.6 Å². The fourth-order valence-corrected chi connectivity index (χ4v) is 7.24. The lowest BCUT2D eigenvalue weighted by Gasteiger charge is -2.56. The lowest BCUT2D eigenvalue weighted by molar-refractivity contribution is -0.118. The van der Waals surface area contributed by atoms with Crippen molar-refractivity contribution in [1.82, 2.24) is 0 Å². The van der Waals surface area contributed by atoms with Gasteiger partial charge in [0, 0.05) is 17.3 Å². The first kappa shape index (κ1) is 14.7. The molecular weight excluding hydrogens is 288 g/mol. The second-order valence-electron chi connectivity index (χ2n) is 9.55. The zero-order valence-corrected chi connectivity index (χ0v) is 14.5. The molecule has 1 aliphatic heterocycles. The number of rotatable bonds is 0. The fraction of sp³-hybridized carbons (Fsp3) is 0.850. The van der Waals surface area contributed by atoms with Gasteiger partial charge in [0.2, 0.25) is 0 Å². The average Bonchev–Trinajstić information content (AvgIpc) is 3.14. The molecule has 0 unspecified atom stereocenters. The van der Waals surface area contributed by atoms with Gasteiger partial charge in [0.15, 0.2) is 5.78 Å². The van der Waals surface area contributed by atoms with Gasteiger partial charge in [-0.05, 0) is 63.4 Å². The molecular formula is C20H28O3. The van der Waals surface area contributed by atoms with Crippen LogP contribution in [0.15, 0.2) is 11.6 Å². The standard InChI is InChI=1S/C20H28O3/c1-17-8-6-13(21)10-12(17)4-5-15-14-7-9-19(3,22)18(14,2)11-16-20(15,17)23-16/h10,14-16,22H,4-9,11H2,1-3H3/t14-,15-,16-,17-,18-,19-,20+/m0/s1. The van der Waals surface area contributed by atoms with E-state index >= 15 is 0 Å². The fourth-order valence-electron chi connectivity index (χ4n) is 7.24. The molecule has 1 spiro atoms. The van der Waals surface area contributed by atoms with Crippen LogP contribution in [0.3, 0.4) is 0 Å². The van der Waals surface area contributed by atoms with Gasteiger partial charge in [0.05, 0.1) is 11.7 Å². The van der Waals surface area contributed by atoms with Crippen molar-refractivity contribution in [2.24, 2.45) is 22.7 Å². The first-order valence-electron chi connectivity index (χ1n) is 9.39. The Morgan fingerprint density at radius 1 is 1.13 bits per heavy atom. The number of epoxide rings is 1. The number of ether oxygens (including phenoxy) is 1. The molecule has 23 heavy (non-hydrogen) atoms. The SMILES string of the molecule is C[C@]1(O)CC[C@H]2[C@@H]3CCC4=CC(=O)CC[C@]4(C)[C@@]34O[C@H]4C[C@@]21C. The van der Waals surface area contributed by atoms with Crippen LogP contribution < -0.4 is 0 Å². The predicted octanol–water partition coefficient (Wildman–Crippen LogP) is 3.40. The van der Waals surface area contributed by atoms with Gasteiger partial charge in [-0.2, -0.15) is 0 Å². The van der Waals surface area contributed by atoms with Crippen LogP contribution in [0.1, 0.15) is 65.7 Å². The molecule has 5 aliphatic rings. The molecule has 4 fully saturated rings. The van der Waals surface area contributed by atoms with Gasteiger partial charge in [-0.15, -0.1) is 0 Å². The number of carbonyl (C=O) groups is 1. The molecule has 3 heteroatoms. The van der Waals surface area contributed by atoms with E-state index in [4.69, 9.17) is 4.74 Å². The molecule has 0 bridgehead atoms. The number of hydrogen-bond acceptors (Lipinski definition) is 3. The number of fused-ring (bicyclic) bond motifs is 3. The second-order valence-corrected chi connectivity index (χ2v) is 9.55. The smallest absolute Gasteiger partial charge is 0.155 e. The van der Waals surface area contributed by atoms with E-state index in [1.807, 2.05) is 13.0 Å². The third kappa shape index (κ3) is 1.44. The zero-order chi connectivity index (χ0) is 16.3. The highest BCUT2D eigenvalue weighted by atomic mass is 16.6.